The summed E-state index contributed by atoms with van der Waals surface area (Å²) < 4.78 is 10.0. The lowest BCUT2D eigenvalue weighted by molar-refractivity contribution is 0.178. The van der Waals surface area contributed by atoms with Crippen LogP contribution in [0.3, 0.4) is 0 Å². The van der Waals surface area contributed by atoms with Crippen LogP contribution in [-0.2, 0) is 16.1 Å². The van der Waals surface area contributed by atoms with Crippen LogP contribution in [-0.4, -0.2) is 44.4 Å². The van der Waals surface area contributed by atoms with Crippen molar-refractivity contribution in [3.8, 4) is 0 Å². The Balaban J connectivity index is 2.50. The van der Waals surface area contributed by atoms with Gasteiger partial charge in [0.05, 0.1) is 0 Å². The van der Waals surface area contributed by atoms with Crippen LogP contribution in [0.25, 0.3) is 0 Å². The fraction of sp³-hybridized carbons (Fsp3) is 0.667. The number of rotatable bonds is 9. The highest BCUT2D eigenvalue weighted by Gasteiger charge is 2.03. The molecule has 0 aliphatic carbocycles. The topological polar surface area (TPSA) is 68.3 Å². The van der Waals surface area contributed by atoms with Crippen molar-refractivity contribution in [3.63, 3.8) is 0 Å². The van der Waals surface area contributed by atoms with Crippen LogP contribution < -0.4 is 10.6 Å². The van der Waals surface area contributed by atoms with Gasteiger partial charge in [0.15, 0.2) is 5.82 Å². The van der Waals surface area contributed by atoms with Gasteiger partial charge in [-0.1, -0.05) is 0 Å². The maximum absolute atomic E-state index is 5.04. The Labute approximate surface area is 108 Å². The van der Waals surface area contributed by atoms with Gasteiger partial charge in [0.2, 0.25) is 0 Å². The van der Waals surface area contributed by atoms with E-state index in [1.165, 1.54) is 0 Å². The predicted octanol–water partition coefficient (Wildman–Crippen LogP) is 1.50. The predicted molar refractivity (Wildman–Crippen MR) is 71.9 cm³/mol. The summed E-state index contributed by atoms with van der Waals surface area (Å²) in [6.07, 6.45) is 2.09. The van der Waals surface area contributed by atoms with Crippen molar-refractivity contribution in [2.75, 3.05) is 45.1 Å². The molecule has 18 heavy (non-hydrogen) atoms. The number of nitrogens with one attached hydrogen (secondary N) is 2. The maximum Gasteiger partial charge on any atom is 0.158 e. The molecular formula is C12H22N4O2. The van der Waals surface area contributed by atoms with Gasteiger partial charge in [-0.05, 0) is 12.8 Å². The number of unbranched alkanes of at least 4 members (excludes halogenated alkanes) is 1. The lowest BCUT2D eigenvalue weighted by Crippen LogP contribution is -2.08. The molecule has 1 aromatic rings. The van der Waals surface area contributed by atoms with Gasteiger partial charge in [-0.25, -0.2) is 9.97 Å². The first-order chi connectivity index (χ1) is 8.80. The molecule has 0 unspecified atom stereocenters. The molecule has 0 bridgehead atoms. The van der Waals surface area contributed by atoms with E-state index in [4.69, 9.17) is 9.47 Å². The lowest BCUT2D eigenvalue weighted by atomic mass is 10.3. The van der Waals surface area contributed by atoms with Crippen molar-refractivity contribution in [1.29, 1.82) is 0 Å². The van der Waals surface area contributed by atoms with Crippen molar-refractivity contribution >= 4 is 11.6 Å². The second kappa shape index (κ2) is 8.66. The molecule has 0 aliphatic rings. The molecule has 0 radical (unpaired) electrons. The van der Waals surface area contributed by atoms with Gasteiger partial charge in [0, 0.05) is 40.5 Å². The number of aromatic nitrogens is 2. The first kappa shape index (κ1) is 14.7. The molecule has 6 nitrogen and oxygen atoms in total. The summed E-state index contributed by atoms with van der Waals surface area (Å²) in [4.78, 5) is 8.66. The lowest BCUT2D eigenvalue weighted by Gasteiger charge is -2.09. The van der Waals surface area contributed by atoms with Gasteiger partial charge >= 0.3 is 0 Å². The molecule has 0 aliphatic heterocycles. The Morgan fingerprint density at radius 3 is 2.56 bits per heavy atom. The minimum atomic E-state index is 0.411. The summed E-state index contributed by atoms with van der Waals surface area (Å²) in [7, 11) is 5.18. The molecule has 2 N–H and O–H groups in total. The molecule has 0 amide bonds. The average Bonchev–Trinajstić information content (AvgIpc) is 2.38. The number of hydrogen-bond acceptors (Lipinski definition) is 6. The fourth-order valence-electron chi connectivity index (χ4n) is 1.50. The number of anilines is 2. The van der Waals surface area contributed by atoms with Gasteiger partial charge in [-0.15, -0.1) is 0 Å². The minimum Gasteiger partial charge on any atom is -0.385 e. The van der Waals surface area contributed by atoms with Gasteiger partial charge in [0.25, 0.3) is 0 Å². The molecule has 0 spiro atoms. The van der Waals surface area contributed by atoms with Gasteiger partial charge in [-0.3, -0.25) is 0 Å². The highest BCUT2D eigenvalue weighted by Crippen LogP contribution is 2.11. The van der Waals surface area contributed by atoms with Crippen molar-refractivity contribution in [1.82, 2.24) is 9.97 Å². The van der Waals surface area contributed by atoms with Gasteiger partial charge in [-0.2, -0.15) is 0 Å². The SMILES string of the molecule is CNc1cc(NCCCCOC)nc(COC)n1. The molecule has 0 fully saturated rings. The monoisotopic (exact) mass is 254 g/mol. The third-order valence-corrected chi connectivity index (χ3v) is 2.38. The van der Waals surface area contributed by atoms with Gasteiger partial charge < -0.3 is 20.1 Å². The van der Waals surface area contributed by atoms with Crippen molar-refractivity contribution in [2.24, 2.45) is 0 Å². The van der Waals surface area contributed by atoms with Crippen LogP contribution in [0.15, 0.2) is 6.07 Å². The highest BCUT2D eigenvalue weighted by atomic mass is 16.5. The first-order valence-electron chi connectivity index (χ1n) is 6.07. The highest BCUT2D eigenvalue weighted by molar-refractivity contribution is 5.47. The van der Waals surface area contributed by atoms with Crippen LogP contribution in [0.5, 0.6) is 0 Å². The maximum atomic E-state index is 5.04. The van der Waals surface area contributed by atoms with Gasteiger partial charge in [0.1, 0.15) is 18.2 Å². The molecule has 6 heteroatoms. The molecule has 1 rings (SSSR count). The molecule has 0 aromatic carbocycles. The zero-order chi connectivity index (χ0) is 13.2. The number of ether oxygens (including phenoxy) is 2. The summed E-state index contributed by atoms with van der Waals surface area (Å²) in [5.74, 6) is 2.28. The zero-order valence-electron chi connectivity index (χ0n) is 11.3. The van der Waals surface area contributed by atoms with E-state index in [1.54, 1.807) is 14.2 Å². The van der Waals surface area contributed by atoms with Crippen LogP contribution in [0.2, 0.25) is 0 Å². The quantitative estimate of drug-likeness (QED) is 0.651. The number of hydrogen-bond donors (Lipinski definition) is 2. The largest absolute Gasteiger partial charge is 0.385 e. The molecular weight excluding hydrogens is 232 g/mol. The van der Waals surface area contributed by atoms with Crippen LogP contribution >= 0.6 is 0 Å². The van der Waals surface area contributed by atoms with E-state index in [0.29, 0.717) is 12.4 Å². The third kappa shape index (κ3) is 5.29. The number of nitrogens with zero attached hydrogens (tertiary/aromatic N) is 2. The van der Waals surface area contributed by atoms with E-state index in [0.717, 1.165) is 37.6 Å². The van der Waals surface area contributed by atoms with Crippen LogP contribution in [0, 0.1) is 0 Å². The Kier molecular flexibility index (Phi) is 7.05. The van der Waals surface area contributed by atoms with Crippen molar-refractivity contribution in [2.45, 2.75) is 19.4 Å². The van der Waals surface area contributed by atoms with E-state index in [2.05, 4.69) is 20.6 Å². The molecule has 0 saturated heterocycles. The van der Waals surface area contributed by atoms with E-state index in [-0.39, 0.29) is 0 Å². The molecule has 1 heterocycles. The van der Waals surface area contributed by atoms with Crippen LogP contribution in [0.1, 0.15) is 18.7 Å². The van der Waals surface area contributed by atoms with Crippen molar-refractivity contribution < 1.29 is 9.47 Å². The molecule has 0 saturated carbocycles. The summed E-state index contributed by atoms with van der Waals surface area (Å²) >= 11 is 0. The van der Waals surface area contributed by atoms with Crippen LogP contribution in [0.4, 0.5) is 11.6 Å². The second-order valence-electron chi connectivity index (χ2n) is 3.86. The Hall–Kier alpha value is -1.40. The molecule has 0 atom stereocenters. The van der Waals surface area contributed by atoms with E-state index in [9.17, 15) is 0 Å². The zero-order valence-corrected chi connectivity index (χ0v) is 11.3. The average molecular weight is 254 g/mol. The summed E-state index contributed by atoms with van der Waals surface area (Å²) in [6, 6.07) is 1.88. The normalized spacial score (nSPS) is 10.4. The summed E-state index contributed by atoms with van der Waals surface area (Å²) in [5.41, 5.74) is 0. The fourth-order valence-corrected chi connectivity index (χ4v) is 1.50. The third-order valence-electron chi connectivity index (χ3n) is 2.38. The Morgan fingerprint density at radius 1 is 1.11 bits per heavy atom. The second-order valence-corrected chi connectivity index (χ2v) is 3.86. The number of methoxy groups -OCH3 is 2. The van der Waals surface area contributed by atoms with E-state index in [1.807, 2.05) is 13.1 Å². The molecule has 102 valence electrons. The van der Waals surface area contributed by atoms with Crippen molar-refractivity contribution in [3.05, 3.63) is 11.9 Å². The Morgan fingerprint density at radius 2 is 1.89 bits per heavy atom. The summed E-state index contributed by atoms with van der Waals surface area (Å²) in [5, 5.41) is 6.29. The molecule has 1 aromatic heterocycles. The Bertz CT molecular complexity index is 347. The van der Waals surface area contributed by atoms with E-state index >= 15 is 0 Å². The summed E-state index contributed by atoms with van der Waals surface area (Å²) in [6.45, 7) is 2.08. The standard InChI is InChI=1S/C12H22N4O2/c1-13-10-8-11(14-6-4-5-7-17-2)16-12(15-10)9-18-3/h8H,4-7,9H2,1-3H3,(H2,13,14,15,16). The smallest absolute Gasteiger partial charge is 0.158 e. The van der Waals surface area contributed by atoms with E-state index < -0.39 is 0 Å². The first-order valence-corrected chi connectivity index (χ1v) is 6.07. The minimum absolute atomic E-state index is 0.411.